The van der Waals surface area contributed by atoms with Crippen molar-refractivity contribution < 1.29 is 4.74 Å². The van der Waals surface area contributed by atoms with Gasteiger partial charge in [-0.15, -0.1) is 0 Å². The molecule has 1 saturated carbocycles. The van der Waals surface area contributed by atoms with E-state index in [0.29, 0.717) is 5.92 Å². The first-order valence-corrected chi connectivity index (χ1v) is 15.2. The minimum Gasteiger partial charge on any atom is -0.494 e. The molecule has 1 fully saturated rings. The molecule has 37 heavy (non-hydrogen) atoms. The number of rotatable bonds is 15. The summed E-state index contributed by atoms with van der Waals surface area (Å²) in [5, 5.41) is 9.90. The summed E-state index contributed by atoms with van der Waals surface area (Å²) in [4.78, 5) is 0. The van der Waals surface area contributed by atoms with Gasteiger partial charge >= 0.3 is 0 Å². The first-order valence-electron chi connectivity index (χ1n) is 15.2. The lowest BCUT2D eigenvalue weighted by molar-refractivity contribution is 0.223. The second kappa shape index (κ2) is 15.2. The second-order valence-electron chi connectivity index (χ2n) is 12.2. The van der Waals surface area contributed by atoms with Gasteiger partial charge in [0, 0.05) is 0 Å². The zero-order valence-electron chi connectivity index (χ0n) is 24.1. The Labute approximate surface area is 227 Å². The Morgan fingerprint density at radius 2 is 1.49 bits per heavy atom. The van der Waals surface area contributed by atoms with Gasteiger partial charge in [0.25, 0.3) is 0 Å². The molecular formula is C35H51NO. The average Bonchev–Trinajstić information content (AvgIpc) is 2.92. The molecule has 2 heteroatoms. The van der Waals surface area contributed by atoms with Gasteiger partial charge in [-0.05, 0) is 85.1 Å². The number of benzene rings is 2. The molecule has 1 atom stereocenters. The fourth-order valence-corrected chi connectivity index (χ4v) is 5.90. The zero-order chi connectivity index (χ0) is 26.5. The van der Waals surface area contributed by atoms with Gasteiger partial charge in [-0.25, -0.2) is 0 Å². The van der Waals surface area contributed by atoms with Crippen molar-refractivity contribution >= 4 is 0 Å². The van der Waals surface area contributed by atoms with Crippen molar-refractivity contribution in [3.63, 3.8) is 0 Å². The molecule has 3 rings (SSSR count). The molecule has 0 amide bonds. The summed E-state index contributed by atoms with van der Waals surface area (Å²) in [7, 11) is 0. The van der Waals surface area contributed by atoms with E-state index in [4.69, 9.17) is 4.74 Å². The highest BCUT2D eigenvalue weighted by Crippen LogP contribution is 2.46. The second-order valence-corrected chi connectivity index (χ2v) is 12.2. The van der Waals surface area contributed by atoms with E-state index in [9.17, 15) is 5.26 Å². The van der Waals surface area contributed by atoms with Crippen LogP contribution in [0.15, 0.2) is 48.5 Å². The van der Waals surface area contributed by atoms with Crippen molar-refractivity contribution in [1.29, 1.82) is 5.26 Å². The van der Waals surface area contributed by atoms with E-state index in [2.05, 4.69) is 82.3 Å². The molecule has 1 aliphatic rings. The third-order valence-electron chi connectivity index (χ3n) is 8.62. The first kappa shape index (κ1) is 29.3. The topological polar surface area (TPSA) is 33.0 Å². The average molecular weight is 502 g/mol. The van der Waals surface area contributed by atoms with Crippen LogP contribution >= 0.6 is 0 Å². The van der Waals surface area contributed by atoms with Crippen LogP contribution in [0.1, 0.15) is 123 Å². The number of unbranched alkanes of at least 4 members (excludes halogenated alkanes) is 3. The molecule has 2 aromatic carbocycles. The number of nitrogens with zero attached hydrogens (tertiary/aromatic N) is 1. The van der Waals surface area contributed by atoms with Gasteiger partial charge in [0.2, 0.25) is 0 Å². The maximum Gasteiger partial charge on any atom is 0.119 e. The number of hydrogen-bond acceptors (Lipinski definition) is 2. The summed E-state index contributed by atoms with van der Waals surface area (Å²) >= 11 is 0. The summed E-state index contributed by atoms with van der Waals surface area (Å²) in [6.45, 7) is 10.00. The lowest BCUT2D eigenvalue weighted by atomic mass is 9.67. The van der Waals surface area contributed by atoms with Crippen LogP contribution in [0.3, 0.4) is 0 Å². The highest BCUT2D eigenvalue weighted by Gasteiger charge is 2.35. The quantitative estimate of drug-likeness (QED) is 0.227. The van der Waals surface area contributed by atoms with Gasteiger partial charge < -0.3 is 4.74 Å². The maximum atomic E-state index is 9.90. The van der Waals surface area contributed by atoms with Crippen LogP contribution in [0.4, 0.5) is 0 Å². The molecule has 0 spiro atoms. The van der Waals surface area contributed by atoms with Gasteiger partial charge in [0.05, 0.1) is 18.1 Å². The third-order valence-corrected chi connectivity index (χ3v) is 8.62. The van der Waals surface area contributed by atoms with Crippen LogP contribution in [0.25, 0.3) is 11.1 Å². The lowest BCUT2D eigenvalue weighted by Crippen LogP contribution is -2.25. The standard InChI is InChI=1S/C35H51NO/c1-5-6-7-8-23-35(27-36)24-20-33(21-25-35)31-14-12-30(13-15-31)32-16-18-34(19-17-32)37-26-22-29(4)11-9-10-28(2)3/h12-19,28-29,33H,5-11,20-26H2,1-4H3/t29-,33-,35-/m1/s1. The summed E-state index contributed by atoms with van der Waals surface area (Å²) in [5.74, 6) is 3.09. The van der Waals surface area contributed by atoms with E-state index in [1.54, 1.807) is 0 Å². The Balaban J connectivity index is 1.44. The van der Waals surface area contributed by atoms with Crippen molar-refractivity contribution in [1.82, 2.24) is 0 Å². The predicted molar refractivity (Wildman–Crippen MR) is 158 cm³/mol. The van der Waals surface area contributed by atoms with E-state index in [-0.39, 0.29) is 5.41 Å². The molecule has 1 aliphatic carbocycles. The largest absolute Gasteiger partial charge is 0.494 e. The lowest BCUT2D eigenvalue weighted by Gasteiger charge is -2.35. The molecular weight excluding hydrogens is 450 g/mol. The predicted octanol–water partition coefficient (Wildman–Crippen LogP) is 10.7. The molecule has 0 heterocycles. The van der Waals surface area contributed by atoms with Gasteiger partial charge in [-0.3, -0.25) is 0 Å². The molecule has 0 aromatic heterocycles. The molecule has 0 bridgehead atoms. The van der Waals surface area contributed by atoms with Crippen LogP contribution in [0.2, 0.25) is 0 Å². The number of nitriles is 1. The van der Waals surface area contributed by atoms with E-state index < -0.39 is 0 Å². The highest BCUT2D eigenvalue weighted by atomic mass is 16.5. The number of ether oxygens (including phenoxy) is 1. The zero-order valence-corrected chi connectivity index (χ0v) is 24.1. The van der Waals surface area contributed by atoms with Crippen LogP contribution in [0, 0.1) is 28.6 Å². The van der Waals surface area contributed by atoms with Crippen LogP contribution in [0.5, 0.6) is 5.75 Å². The van der Waals surface area contributed by atoms with Crippen LogP contribution in [-0.4, -0.2) is 6.61 Å². The smallest absolute Gasteiger partial charge is 0.119 e. The minimum atomic E-state index is -0.0696. The fraction of sp³-hybridized carbons (Fsp3) is 0.629. The van der Waals surface area contributed by atoms with Crippen LogP contribution < -0.4 is 4.74 Å². The van der Waals surface area contributed by atoms with Crippen molar-refractivity contribution in [2.45, 2.75) is 117 Å². The van der Waals surface area contributed by atoms with Gasteiger partial charge in [-0.2, -0.15) is 5.26 Å². The normalized spacial score (nSPS) is 20.5. The number of hydrogen-bond donors (Lipinski definition) is 0. The third kappa shape index (κ3) is 9.52. The monoisotopic (exact) mass is 501 g/mol. The molecule has 0 saturated heterocycles. The van der Waals surface area contributed by atoms with Crippen LogP contribution in [-0.2, 0) is 0 Å². The Hall–Kier alpha value is -2.27. The van der Waals surface area contributed by atoms with Gasteiger partial charge in [0.1, 0.15) is 5.75 Å². The molecule has 2 aromatic rings. The summed E-state index contributed by atoms with van der Waals surface area (Å²) in [5.41, 5.74) is 3.86. The highest BCUT2D eigenvalue weighted by molar-refractivity contribution is 5.64. The van der Waals surface area contributed by atoms with Crippen molar-refractivity contribution in [2.75, 3.05) is 6.61 Å². The van der Waals surface area contributed by atoms with Crippen molar-refractivity contribution in [2.24, 2.45) is 17.3 Å². The van der Waals surface area contributed by atoms with E-state index in [1.807, 2.05) is 0 Å². The van der Waals surface area contributed by atoms with Crippen molar-refractivity contribution in [3.05, 3.63) is 54.1 Å². The fourth-order valence-electron chi connectivity index (χ4n) is 5.90. The summed E-state index contributed by atoms with van der Waals surface area (Å²) < 4.78 is 6.03. The minimum absolute atomic E-state index is 0.0696. The summed E-state index contributed by atoms with van der Waals surface area (Å²) in [6, 6.07) is 20.4. The molecule has 0 radical (unpaired) electrons. The maximum absolute atomic E-state index is 9.90. The molecule has 0 aliphatic heterocycles. The first-order chi connectivity index (χ1) is 17.9. The van der Waals surface area contributed by atoms with Crippen molar-refractivity contribution in [3.8, 4) is 22.9 Å². The van der Waals surface area contributed by atoms with E-state index in [1.165, 1.54) is 61.6 Å². The Bertz CT molecular complexity index is 929. The van der Waals surface area contributed by atoms with E-state index >= 15 is 0 Å². The molecule has 0 N–H and O–H groups in total. The van der Waals surface area contributed by atoms with Gasteiger partial charge in [-0.1, -0.05) is 109 Å². The Kier molecular flexibility index (Phi) is 12.0. The van der Waals surface area contributed by atoms with Gasteiger partial charge in [0.15, 0.2) is 0 Å². The Morgan fingerprint density at radius 3 is 2.08 bits per heavy atom. The molecule has 2 nitrogen and oxygen atoms in total. The molecule has 0 unspecified atom stereocenters. The summed E-state index contributed by atoms with van der Waals surface area (Å²) in [6.07, 6.45) is 15.6. The van der Waals surface area contributed by atoms with E-state index in [0.717, 1.165) is 62.7 Å². The molecule has 202 valence electrons. The SMILES string of the molecule is CCCCCC[C@]1(C#N)CC[C@H](c2ccc(-c3ccc(OCC[C@H](C)CCCC(C)C)cc3)cc2)CC1. The Morgan fingerprint density at radius 1 is 0.838 bits per heavy atom.